The number of hydrogen-bond donors (Lipinski definition) is 1. The van der Waals surface area contributed by atoms with Crippen molar-refractivity contribution in [3.05, 3.63) is 12.4 Å². The maximum atomic E-state index is 5.76. The Morgan fingerprint density at radius 3 is 2.92 bits per heavy atom. The predicted molar refractivity (Wildman–Crippen MR) is 54.1 cm³/mol. The van der Waals surface area contributed by atoms with Gasteiger partial charge in [-0.25, -0.2) is 0 Å². The normalized spacial score (nSPS) is 15.8. The number of pyridine rings is 1. The van der Waals surface area contributed by atoms with Crippen LogP contribution in [0.5, 0.6) is 5.75 Å². The number of hydrogen-bond acceptors (Lipinski definition) is 4. The molecular weight excluding hydrogens is 184 g/mol. The molecule has 4 heteroatoms. The van der Waals surface area contributed by atoms with Crippen molar-refractivity contribution < 1.29 is 4.74 Å². The lowest BCUT2D eigenvalue weighted by molar-refractivity contribution is 0.295. The molecule has 1 fully saturated rings. The zero-order valence-corrected chi connectivity index (χ0v) is 8.30. The first-order valence-corrected chi connectivity index (χ1v) is 5.48. The number of anilines is 1. The summed E-state index contributed by atoms with van der Waals surface area (Å²) in [6.07, 6.45) is 8.09. The van der Waals surface area contributed by atoms with Crippen LogP contribution < -0.4 is 10.5 Å². The van der Waals surface area contributed by atoms with Gasteiger partial charge >= 0.3 is 0 Å². The fraction of sp³-hybridized carbons (Fsp3) is 0.444. The van der Waals surface area contributed by atoms with Gasteiger partial charge < -0.3 is 10.5 Å². The van der Waals surface area contributed by atoms with Gasteiger partial charge in [-0.3, -0.25) is 4.98 Å². The van der Waals surface area contributed by atoms with Gasteiger partial charge in [0.15, 0.2) is 5.75 Å². The van der Waals surface area contributed by atoms with E-state index in [-0.39, 0.29) is 0 Å². The molecule has 0 amide bonds. The summed E-state index contributed by atoms with van der Waals surface area (Å²) < 4.78 is 5.66. The van der Waals surface area contributed by atoms with E-state index >= 15 is 0 Å². The molecule has 2 N–H and O–H groups in total. The number of nitrogens with two attached hydrogens (primary N) is 1. The van der Waals surface area contributed by atoms with E-state index in [1.165, 1.54) is 0 Å². The van der Waals surface area contributed by atoms with Crippen molar-refractivity contribution in [3.63, 3.8) is 0 Å². The molecule has 1 aromatic heterocycles. The third-order valence-electron chi connectivity index (χ3n) is 1.91. The van der Waals surface area contributed by atoms with Crippen LogP contribution in [0.1, 0.15) is 12.8 Å². The number of nitrogen functional groups attached to an aromatic ring is 1. The Morgan fingerprint density at radius 1 is 1.54 bits per heavy atom. The SMILES string of the molecule is CSc1c(N)cncc1OC1CC1. The van der Waals surface area contributed by atoms with Crippen LogP contribution in [0.25, 0.3) is 0 Å². The van der Waals surface area contributed by atoms with Crippen molar-refractivity contribution in [2.75, 3.05) is 12.0 Å². The zero-order chi connectivity index (χ0) is 9.26. The van der Waals surface area contributed by atoms with E-state index in [9.17, 15) is 0 Å². The molecule has 1 saturated carbocycles. The molecule has 2 rings (SSSR count). The van der Waals surface area contributed by atoms with Gasteiger partial charge in [0.05, 0.1) is 29.1 Å². The maximum absolute atomic E-state index is 5.76. The van der Waals surface area contributed by atoms with E-state index in [0.29, 0.717) is 11.8 Å². The van der Waals surface area contributed by atoms with Crippen molar-refractivity contribution in [2.45, 2.75) is 23.8 Å². The smallest absolute Gasteiger partial charge is 0.153 e. The van der Waals surface area contributed by atoms with E-state index in [4.69, 9.17) is 10.5 Å². The highest BCUT2D eigenvalue weighted by Crippen LogP contribution is 2.35. The second-order valence-electron chi connectivity index (χ2n) is 3.08. The Bertz CT molecular complexity index is 312. The topological polar surface area (TPSA) is 48.1 Å². The van der Waals surface area contributed by atoms with Crippen molar-refractivity contribution in [3.8, 4) is 5.75 Å². The average Bonchev–Trinajstić information content (AvgIpc) is 2.89. The molecule has 70 valence electrons. The Hall–Kier alpha value is -0.900. The van der Waals surface area contributed by atoms with Gasteiger partial charge in [-0.05, 0) is 19.1 Å². The molecule has 1 heterocycles. The maximum Gasteiger partial charge on any atom is 0.153 e. The third kappa shape index (κ3) is 1.88. The minimum Gasteiger partial charge on any atom is -0.488 e. The van der Waals surface area contributed by atoms with E-state index in [0.717, 1.165) is 23.5 Å². The number of thioether (sulfide) groups is 1. The average molecular weight is 196 g/mol. The van der Waals surface area contributed by atoms with Crippen LogP contribution in [0.4, 0.5) is 5.69 Å². The summed E-state index contributed by atoms with van der Waals surface area (Å²) in [5.74, 6) is 0.829. The van der Waals surface area contributed by atoms with Crippen LogP contribution >= 0.6 is 11.8 Å². The van der Waals surface area contributed by atoms with Crippen LogP contribution in [0.3, 0.4) is 0 Å². The molecule has 0 spiro atoms. The quantitative estimate of drug-likeness (QED) is 0.750. The number of rotatable bonds is 3. The summed E-state index contributed by atoms with van der Waals surface area (Å²) in [5.41, 5.74) is 6.46. The van der Waals surface area contributed by atoms with Crippen molar-refractivity contribution in [1.29, 1.82) is 0 Å². The molecule has 0 aromatic carbocycles. The summed E-state index contributed by atoms with van der Waals surface area (Å²) in [5, 5.41) is 0. The lowest BCUT2D eigenvalue weighted by Gasteiger charge is -2.09. The zero-order valence-electron chi connectivity index (χ0n) is 7.49. The van der Waals surface area contributed by atoms with Gasteiger partial charge in [-0.1, -0.05) is 0 Å². The number of ether oxygens (including phenoxy) is 1. The van der Waals surface area contributed by atoms with Crippen LogP contribution in [0.2, 0.25) is 0 Å². The Balaban J connectivity index is 2.25. The van der Waals surface area contributed by atoms with Gasteiger partial charge in [0.25, 0.3) is 0 Å². The van der Waals surface area contributed by atoms with Gasteiger partial charge in [-0.15, -0.1) is 11.8 Å². The van der Waals surface area contributed by atoms with Gasteiger partial charge in [0, 0.05) is 0 Å². The van der Waals surface area contributed by atoms with Crippen molar-refractivity contribution in [2.24, 2.45) is 0 Å². The van der Waals surface area contributed by atoms with E-state index in [1.54, 1.807) is 24.2 Å². The lowest BCUT2D eigenvalue weighted by Crippen LogP contribution is -2.00. The third-order valence-corrected chi connectivity index (χ3v) is 2.76. The largest absolute Gasteiger partial charge is 0.488 e. The first kappa shape index (κ1) is 8.69. The Labute approximate surface area is 81.7 Å². The molecule has 3 nitrogen and oxygen atoms in total. The summed E-state index contributed by atoms with van der Waals surface area (Å²) >= 11 is 1.60. The second kappa shape index (κ2) is 3.46. The molecule has 0 radical (unpaired) electrons. The molecular formula is C9H12N2OS. The first-order chi connectivity index (χ1) is 6.31. The molecule has 0 unspecified atom stereocenters. The molecule has 0 saturated heterocycles. The highest BCUT2D eigenvalue weighted by atomic mass is 32.2. The molecule has 0 aliphatic heterocycles. The predicted octanol–water partition coefficient (Wildman–Crippen LogP) is 1.93. The fourth-order valence-corrected chi connectivity index (χ4v) is 1.70. The molecule has 0 bridgehead atoms. The summed E-state index contributed by atoms with van der Waals surface area (Å²) in [7, 11) is 0. The van der Waals surface area contributed by atoms with Crippen LogP contribution in [-0.4, -0.2) is 17.3 Å². The van der Waals surface area contributed by atoms with Gasteiger partial charge in [0.1, 0.15) is 0 Å². The Kier molecular flexibility index (Phi) is 2.31. The van der Waals surface area contributed by atoms with Gasteiger partial charge in [-0.2, -0.15) is 0 Å². The van der Waals surface area contributed by atoms with Crippen molar-refractivity contribution >= 4 is 17.4 Å². The summed E-state index contributed by atoms with van der Waals surface area (Å²) in [6.45, 7) is 0. The number of nitrogens with zero attached hydrogens (tertiary/aromatic N) is 1. The second-order valence-corrected chi connectivity index (χ2v) is 3.89. The number of aromatic nitrogens is 1. The summed E-state index contributed by atoms with van der Waals surface area (Å²) in [4.78, 5) is 5.01. The highest BCUT2D eigenvalue weighted by Gasteiger charge is 2.24. The molecule has 1 aromatic rings. The first-order valence-electron chi connectivity index (χ1n) is 4.25. The lowest BCUT2D eigenvalue weighted by atomic mass is 10.4. The minimum absolute atomic E-state index is 0.398. The van der Waals surface area contributed by atoms with E-state index < -0.39 is 0 Å². The highest BCUT2D eigenvalue weighted by molar-refractivity contribution is 7.98. The monoisotopic (exact) mass is 196 g/mol. The Morgan fingerprint density at radius 2 is 2.31 bits per heavy atom. The minimum atomic E-state index is 0.398. The summed E-state index contributed by atoms with van der Waals surface area (Å²) in [6, 6.07) is 0. The molecule has 13 heavy (non-hydrogen) atoms. The molecule has 0 atom stereocenters. The van der Waals surface area contributed by atoms with Crippen LogP contribution in [-0.2, 0) is 0 Å². The van der Waals surface area contributed by atoms with Crippen LogP contribution in [0.15, 0.2) is 17.3 Å². The van der Waals surface area contributed by atoms with E-state index in [2.05, 4.69) is 4.98 Å². The van der Waals surface area contributed by atoms with Crippen LogP contribution in [0, 0.1) is 0 Å². The standard InChI is InChI=1S/C9H12N2OS/c1-13-9-7(10)4-11-5-8(9)12-6-2-3-6/h4-6H,2-3,10H2,1H3. The fourth-order valence-electron chi connectivity index (χ4n) is 1.11. The molecule has 1 aliphatic rings. The van der Waals surface area contributed by atoms with Gasteiger partial charge in [0.2, 0.25) is 0 Å². The van der Waals surface area contributed by atoms with E-state index in [1.807, 2.05) is 6.26 Å². The molecule has 1 aliphatic carbocycles. The van der Waals surface area contributed by atoms with Crippen molar-refractivity contribution in [1.82, 2.24) is 4.98 Å².